The van der Waals surface area contributed by atoms with Crippen LogP contribution in [0.3, 0.4) is 0 Å². The zero-order valence-electron chi connectivity index (χ0n) is 18.1. The van der Waals surface area contributed by atoms with Crippen LogP contribution in [0.25, 0.3) is 22.0 Å². The Labute approximate surface area is 187 Å². The largest absolute Gasteiger partial charge is 0.543 e. The number of piperidine rings is 1. The summed E-state index contributed by atoms with van der Waals surface area (Å²) in [4.78, 5) is 25.1. The maximum atomic E-state index is 8.93. The number of hydrogen-bond donors (Lipinski definition) is 0. The minimum atomic E-state index is -2.19. The maximum Gasteiger partial charge on any atom is 0.0870 e. The lowest BCUT2D eigenvalue weighted by atomic mass is 9.84. The molecular weight excluding hydrogens is 404 g/mol. The lowest BCUT2D eigenvalue weighted by Gasteiger charge is -2.32. The first-order valence-electron chi connectivity index (χ1n) is 10.6. The summed E-state index contributed by atoms with van der Waals surface area (Å²) in [6.45, 7) is 9.46. The first kappa shape index (κ1) is 23.2. The minimum Gasteiger partial charge on any atom is -0.543 e. The van der Waals surface area contributed by atoms with Crippen molar-refractivity contribution in [3.05, 3.63) is 78.5 Å². The van der Waals surface area contributed by atoms with E-state index in [1.807, 2.05) is 12.3 Å². The summed E-state index contributed by atoms with van der Waals surface area (Å²) >= 11 is 0. The monoisotopic (exact) mass is 430 g/mol. The second-order valence-electron chi connectivity index (χ2n) is 7.84. The number of carboxylic acid groups (broad SMARTS) is 2. The Hall–Kier alpha value is -3.51. The van der Waals surface area contributed by atoms with E-state index in [-0.39, 0.29) is 0 Å². The van der Waals surface area contributed by atoms with Gasteiger partial charge in [0.25, 0.3) is 0 Å². The molecule has 0 radical (unpaired) electrons. The zero-order chi connectivity index (χ0) is 23.1. The van der Waals surface area contributed by atoms with Gasteiger partial charge in [-0.15, -0.1) is 6.58 Å². The Kier molecular flexibility index (Phi) is 7.73. The minimum absolute atomic E-state index is 0.644. The molecule has 166 valence electrons. The first-order valence-corrected chi connectivity index (χ1v) is 10.6. The Morgan fingerprint density at radius 3 is 2.41 bits per heavy atom. The van der Waals surface area contributed by atoms with E-state index in [0.29, 0.717) is 5.92 Å². The molecule has 4 rings (SSSR count). The van der Waals surface area contributed by atoms with E-state index in [2.05, 4.69) is 66.9 Å². The van der Waals surface area contributed by atoms with Crippen LogP contribution in [-0.2, 0) is 9.59 Å². The predicted molar refractivity (Wildman–Crippen MR) is 121 cm³/mol. The van der Waals surface area contributed by atoms with Crippen LogP contribution in [-0.4, -0.2) is 41.5 Å². The Balaban J connectivity index is 0.000000427. The molecule has 0 N–H and O–H groups in total. The number of pyridine rings is 1. The molecule has 1 aliphatic heterocycles. The van der Waals surface area contributed by atoms with E-state index in [0.717, 1.165) is 25.3 Å². The number of likely N-dealkylation sites (tertiary alicyclic amines) is 1. The Bertz CT molecular complexity index is 1100. The van der Waals surface area contributed by atoms with E-state index in [4.69, 9.17) is 24.8 Å². The zero-order valence-corrected chi connectivity index (χ0v) is 18.1. The summed E-state index contributed by atoms with van der Waals surface area (Å²) in [5.41, 5.74) is 5.26. The summed E-state index contributed by atoms with van der Waals surface area (Å²) < 4.78 is 0. The van der Waals surface area contributed by atoms with E-state index < -0.39 is 11.9 Å². The third kappa shape index (κ3) is 5.39. The molecule has 2 heterocycles. The fourth-order valence-electron chi connectivity index (χ4n) is 4.30. The molecule has 0 atom stereocenters. The second-order valence-corrected chi connectivity index (χ2v) is 7.84. The van der Waals surface area contributed by atoms with E-state index in [9.17, 15) is 0 Å². The Morgan fingerprint density at radius 1 is 1.06 bits per heavy atom. The van der Waals surface area contributed by atoms with Gasteiger partial charge in [0.05, 0.1) is 17.6 Å². The summed E-state index contributed by atoms with van der Waals surface area (Å²) in [7, 11) is 0. The van der Waals surface area contributed by atoms with Crippen LogP contribution in [0.1, 0.15) is 29.9 Å². The number of nitrogens with zero attached hydrogens (tertiary/aromatic N) is 2. The summed E-state index contributed by atoms with van der Waals surface area (Å²) in [5, 5.41) is 20.3. The molecule has 1 fully saturated rings. The lowest BCUT2D eigenvalue weighted by Crippen LogP contribution is -2.42. The number of aromatic nitrogens is 1. The number of fused-ring (bicyclic) bond motifs is 1. The van der Waals surface area contributed by atoms with Gasteiger partial charge in [-0.3, -0.25) is 9.88 Å². The Morgan fingerprint density at radius 2 is 1.75 bits per heavy atom. The molecule has 0 spiro atoms. The first-order chi connectivity index (χ1) is 15.4. The van der Waals surface area contributed by atoms with Crippen LogP contribution < -0.4 is 10.2 Å². The highest BCUT2D eigenvalue weighted by Gasteiger charge is 2.22. The van der Waals surface area contributed by atoms with Crippen molar-refractivity contribution in [2.75, 3.05) is 19.6 Å². The fourth-order valence-corrected chi connectivity index (χ4v) is 4.30. The highest BCUT2D eigenvalue weighted by molar-refractivity contribution is 6.25. The normalized spacial score (nSPS) is 14.4. The van der Waals surface area contributed by atoms with Crippen molar-refractivity contribution in [2.24, 2.45) is 0 Å². The van der Waals surface area contributed by atoms with Gasteiger partial charge < -0.3 is 19.8 Å². The molecule has 6 nitrogen and oxygen atoms in total. The predicted octanol–water partition coefficient (Wildman–Crippen LogP) is 2.06. The van der Waals surface area contributed by atoms with Crippen LogP contribution in [0.4, 0.5) is 0 Å². The van der Waals surface area contributed by atoms with Crippen molar-refractivity contribution < 1.29 is 19.8 Å². The van der Waals surface area contributed by atoms with Crippen LogP contribution in [0.15, 0.2) is 67.4 Å². The number of carbonyl (C=O) groups is 2. The quantitative estimate of drug-likeness (QED) is 0.464. The van der Waals surface area contributed by atoms with E-state index in [1.165, 1.54) is 40.3 Å². The van der Waals surface area contributed by atoms with Gasteiger partial charge in [0.15, 0.2) is 0 Å². The maximum absolute atomic E-state index is 8.93. The number of rotatable bonds is 4. The van der Waals surface area contributed by atoms with Crippen LogP contribution >= 0.6 is 0 Å². The van der Waals surface area contributed by atoms with Crippen molar-refractivity contribution in [1.82, 2.24) is 9.88 Å². The molecule has 0 unspecified atom stereocenters. The van der Waals surface area contributed by atoms with Crippen molar-refractivity contribution in [1.29, 1.82) is 0 Å². The van der Waals surface area contributed by atoms with E-state index >= 15 is 0 Å². The smallest absolute Gasteiger partial charge is 0.0870 e. The number of carboxylic acids is 2. The fraction of sp³-hybridized carbons (Fsp3) is 0.269. The molecule has 2 aromatic carbocycles. The molecule has 1 aromatic heterocycles. The van der Waals surface area contributed by atoms with Crippen LogP contribution in [0, 0.1) is 6.92 Å². The van der Waals surface area contributed by atoms with Crippen molar-refractivity contribution in [3.8, 4) is 11.3 Å². The summed E-state index contributed by atoms with van der Waals surface area (Å²) in [6.07, 6.45) is 6.39. The topological polar surface area (TPSA) is 96.4 Å². The van der Waals surface area contributed by atoms with E-state index in [1.54, 1.807) is 0 Å². The molecule has 1 saturated heterocycles. The molecule has 3 aromatic rings. The van der Waals surface area contributed by atoms with Crippen LogP contribution in [0.2, 0.25) is 0 Å². The van der Waals surface area contributed by atoms with Gasteiger partial charge in [-0.25, -0.2) is 0 Å². The van der Waals surface area contributed by atoms with Crippen molar-refractivity contribution in [2.45, 2.75) is 25.7 Å². The average molecular weight is 431 g/mol. The molecule has 6 heteroatoms. The number of carbonyl (C=O) groups excluding carboxylic acids is 2. The third-order valence-electron chi connectivity index (χ3n) is 5.89. The average Bonchev–Trinajstić information content (AvgIpc) is 2.80. The lowest BCUT2D eigenvalue weighted by molar-refractivity contribution is -0.345. The van der Waals surface area contributed by atoms with Gasteiger partial charge in [-0.1, -0.05) is 48.5 Å². The third-order valence-corrected chi connectivity index (χ3v) is 5.89. The van der Waals surface area contributed by atoms with Crippen LogP contribution in [0.5, 0.6) is 0 Å². The van der Waals surface area contributed by atoms with Gasteiger partial charge in [0.2, 0.25) is 0 Å². The standard InChI is InChI=1S/C24H26N2.C2H2O4/c1-3-15-26-16-12-20(13-17-26)21-9-6-10-22(18(21)2)24-23-8-5-4-7-19(23)11-14-25-24;3-1(4)2(5)6/h3-11,14,20H,1,12-13,15-17H2,2H3;(H,3,4)(H,5,6)/p-2. The van der Waals surface area contributed by atoms with Gasteiger partial charge in [0.1, 0.15) is 0 Å². The van der Waals surface area contributed by atoms with Crippen molar-refractivity contribution in [3.63, 3.8) is 0 Å². The molecule has 0 bridgehead atoms. The van der Waals surface area contributed by atoms with Crippen molar-refractivity contribution >= 4 is 22.7 Å². The molecule has 0 aliphatic carbocycles. The second kappa shape index (κ2) is 10.7. The highest BCUT2D eigenvalue weighted by Crippen LogP contribution is 2.36. The number of aliphatic carboxylic acids is 2. The van der Waals surface area contributed by atoms with Gasteiger partial charge in [-0.05, 0) is 61.4 Å². The number of benzene rings is 2. The van der Waals surface area contributed by atoms with Gasteiger partial charge >= 0.3 is 0 Å². The summed E-state index contributed by atoms with van der Waals surface area (Å²) in [6, 6.07) is 17.4. The number of hydrogen-bond acceptors (Lipinski definition) is 6. The highest BCUT2D eigenvalue weighted by atomic mass is 16.4. The molecular formula is C26H26N2O4-2. The summed E-state index contributed by atoms with van der Waals surface area (Å²) in [5.74, 6) is -3.73. The van der Waals surface area contributed by atoms with Gasteiger partial charge in [0, 0.05) is 23.7 Å². The molecule has 1 aliphatic rings. The molecule has 0 amide bonds. The van der Waals surface area contributed by atoms with Gasteiger partial charge in [-0.2, -0.15) is 0 Å². The SMILES string of the molecule is C=CCN1CCC(c2cccc(-c3nccc4ccccc34)c2C)CC1.O=C([O-])C(=O)[O-]. The molecule has 32 heavy (non-hydrogen) atoms. The molecule has 0 saturated carbocycles.